The van der Waals surface area contributed by atoms with E-state index in [1.165, 1.54) is 16.7 Å². The third-order valence-electron chi connectivity index (χ3n) is 13.2. The molecule has 0 amide bonds. The molecule has 0 aliphatic rings. The Labute approximate surface area is 393 Å². The fourth-order valence-corrected chi connectivity index (χ4v) is 10.0. The van der Waals surface area contributed by atoms with Gasteiger partial charge >= 0.3 is 0 Å². The molecule has 0 atom stereocenters. The first-order chi connectivity index (χ1) is 33.7. The summed E-state index contributed by atoms with van der Waals surface area (Å²) in [7, 11) is 0. The number of hydrogen-bond acceptors (Lipinski definition) is 3. The van der Waals surface area contributed by atoms with Gasteiger partial charge in [-0.05, 0) is 75.3 Å². The average Bonchev–Trinajstić information content (AvgIpc) is 3.95. The van der Waals surface area contributed by atoms with Crippen molar-refractivity contribution < 1.29 is 0 Å². The third kappa shape index (κ3) is 6.68. The van der Waals surface area contributed by atoms with E-state index in [0.717, 1.165) is 88.2 Å². The lowest BCUT2D eigenvalue weighted by molar-refractivity contribution is 0.955. The molecule has 0 N–H and O–H groups in total. The maximum absolute atomic E-state index is 5.48. The second-order valence-electron chi connectivity index (χ2n) is 17.2. The molecule has 0 spiro atoms. The first kappa shape index (κ1) is 39.2. The number of nitrogens with zero attached hydrogens (tertiary/aromatic N) is 5. The highest BCUT2D eigenvalue weighted by atomic mass is 15.2. The number of benzene rings is 10. The summed E-state index contributed by atoms with van der Waals surface area (Å²) in [6.07, 6.45) is 0. The third-order valence-corrected chi connectivity index (χ3v) is 13.2. The zero-order valence-electron chi connectivity index (χ0n) is 36.9. The summed E-state index contributed by atoms with van der Waals surface area (Å²) in [5.41, 5.74) is 16.3. The largest absolute Gasteiger partial charge is 0.309 e. The van der Waals surface area contributed by atoms with Crippen molar-refractivity contribution in [1.29, 1.82) is 0 Å². The zero-order valence-corrected chi connectivity index (χ0v) is 36.9. The Morgan fingerprint density at radius 2 is 0.721 bits per heavy atom. The highest BCUT2D eigenvalue weighted by Crippen LogP contribution is 2.43. The van der Waals surface area contributed by atoms with Gasteiger partial charge in [-0.3, -0.25) is 4.57 Å². The van der Waals surface area contributed by atoms with E-state index in [9.17, 15) is 0 Å². The normalized spacial score (nSPS) is 11.5. The molecular formula is C63H41N5. The summed E-state index contributed by atoms with van der Waals surface area (Å²) in [6.45, 7) is 0. The van der Waals surface area contributed by atoms with Crippen LogP contribution in [0.3, 0.4) is 0 Å². The lowest BCUT2D eigenvalue weighted by atomic mass is 9.99. The van der Waals surface area contributed by atoms with Crippen molar-refractivity contribution in [2.75, 3.05) is 0 Å². The first-order valence-corrected chi connectivity index (χ1v) is 23.0. The quantitative estimate of drug-likeness (QED) is 0.153. The number of rotatable bonds is 8. The summed E-state index contributed by atoms with van der Waals surface area (Å²) < 4.78 is 4.69. The van der Waals surface area contributed by atoms with Crippen LogP contribution in [-0.4, -0.2) is 24.1 Å². The fourth-order valence-electron chi connectivity index (χ4n) is 10.0. The van der Waals surface area contributed by atoms with Crippen molar-refractivity contribution in [3.8, 4) is 78.9 Å². The van der Waals surface area contributed by atoms with Crippen molar-refractivity contribution in [3.05, 3.63) is 249 Å². The summed E-state index contributed by atoms with van der Waals surface area (Å²) in [5, 5.41) is 4.54. The zero-order chi connectivity index (χ0) is 45.0. The Kier molecular flexibility index (Phi) is 9.43. The fraction of sp³-hybridized carbons (Fsp3) is 0. The van der Waals surface area contributed by atoms with Gasteiger partial charge in [0, 0.05) is 38.2 Å². The van der Waals surface area contributed by atoms with Crippen LogP contribution in [0.1, 0.15) is 0 Å². The van der Waals surface area contributed by atoms with E-state index >= 15 is 0 Å². The van der Waals surface area contributed by atoms with E-state index in [1.807, 2.05) is 6.07 Å². The molecule has 0 fully saturated rings. The van der Waals surface area contributed by atoms with Crippen LogP contribution in [0.15, 0.2) is 249 Å². The van der Waals surface area contributed by atoms with Gasteiger partial charge in [-0.2, -0.15) is 9.97 Å². The molecule has 0 saturated heterocycles. The molecule has 13 rings (SSSR count). The summed E-state index contributed by atoms with van der Waals surface area (Å²) in [4.78, 5) is 16.3. The minimum Gasteiger partial charge on any atom is -0.309 e. The second-order valence-corrected chi connectivity index (χ2v) is 17.2. The van der Waals surface area contributed by atoms with Gasteiger partial charge in [0.1, 0.15) is 0 Å². The van der Waals surface area contributed by atoms with E-state index in [-0.39, 0.29) is 0 Å². The van der Waals surface area contributed by atoms with Crippen molar-refractivity contribution in [1.82, 2.24) is 24.1 Å². The van der Waals surface area contributed by atoms with Gasteiger partial charge in [-0.25, -0.2) is 4.98 Å². The standard InChI is InChI=1S/C63H41N5/c1-4-18-42(19-5-1)44-34-36-45(37-35-44)48-25-17-27-50(41-48)62-64-61(49-26-16-24-47(40-49)43-20-6-2-7-21-43)65-63(66-62)68-56-32-14-11-29-52(56)53-38-39-58-59(60(53)68)54-30-12-15-33-57(54)67(58)55-31-13-10-28-51(55)46-22-8-3-9-23-46/h1-41H. The van der Waals surface area contributed by atoms with E-state index in [1.54, 1.807) is 0 Å². The summed E-state index contributed by atoms with van der Waals surface area (Å²) in [5.74, 6) is 1.74. The number of hydrogen-bond donors (Lipinski definition) is 0. The molecule has 0 bridgehead atoms. The Balaban J connectivity index is 1.06. The Morgan fingerprint density at radius 3 is 1.35 bits per heavy atom. The molecule has 5 heteroatoms. The Morgan fingerprint density at radius 1 is 0.265 bits per heavy atom. The van der Waals surface area contributed by atoms with Gasteiger partial charge in [-0.1, -0.05) is 212 Å². The van der Waals surface area contributed by atoms with Gasteiger partial charge in [-0.15, -0.1) is 0 Å². The highest BCUT2D eigenvalue weighted by molar-refractivity contribution is 6.26. The predicted octanol–water partition coefficient (Wildman–Crippen LogP) is 16.1. The number of fused-ring (bicyclic) bond motifs is 7. The monoisotopic (exact) mass is 867 g/mol. The number of para-hydroxylation sites is 3. The lowest BCUT2D eigenvalue weighted by Crippen LogP contribution is -2.06. The van der Waals surface area contributed by atoms with Crippen LogP contribution in [0.5, 0.6) is 0 Å². The van der Waals surface area contributed by atoms with Crippen LogP contribution in [0.2, 0.25) is 0 Å². The smallest absolute Gasteiger partial charge is 0.238 e. The van der Waals surface area contributed by atoms with Crippen molar-refractivity contribution in [3.63, 3.8) is 0 Å². The molecular weight excluding hydrogens is 827 g/mol. The number of aromatic nitrogens is 5. The lowest BCUT2D eigenvalue weighted by Gasteiger charge is -2.14. The Bertz CT molecular complexity index is 4000. The van der Waals surface area contributed by atoms with Crippen LogP contribution in [0.25, 0.3) is 123 Å². The van der Waals surface area contributed by atoms with Gasteiger partial charge < -0.3 is 4.57 Å². The molecule has 13 aromatic rings. The average molecular weight is 868 g/mol. The van der Waals surface area contributed by atoms with Crippen molar-refractivity contribution >= 4 is 43.6 Å². The maximum atomic E-state index is 5.48. The molecule has 0 aliphatic heterocycles. The van der Waals surface area contributed by atoms with Gasteiger partial charge in [0.05, 0.1) is 27.8 Å². The molecule has 3 aromatic heterocycles. The first-order valence-electron chi connectivity index (χ1n) is 23.0. The van der Waals surface area contributed by atoms with Gasteiger partial charge in [0.25, 0.3) is 0 Å². The molecule has 5 nitrogen and oxygen atoms in total. The topological polar surface area (TPSA) is 48.5 Å². The molecule has 3 heterocycles. The second kappa shape index (κ2) is 16.4. The van der Waals surface area contributed by atoms with Crippen molar-refractivity contribution in [2.24, 2.45) is 0 Å². The maximum Gasteiger partial charge on any atom is 0.238 e. The van der Waals surface area contributed by atoms with E-state index in [0.29, 0.717) is 17.6 Å². The van der Waals surface area contributed by atoms with Crippen LogP contribution in [0.4, 0.5) is 0 Å². The molecule has 0 unspecified atom stereocenters. The van der Waals surface area contributed by atoms with Gasteiger partial charge in [0.2, 0.25) is 5.95 Å². The SMILES string of the molecule is c1ccc(-c2ccc(-c3cccc(-c4nc(-c5cccc(-c6ccccc6)c5)nc(-n5c6ccccc6c6ccc7c(c8ccccc8n7-c7ccccc7-c7ccccc7)c65)n4)c3)cc2)cc1. The van der Waals surface area contributed by atoms with E-state index in [4.69, 9.17) is 15.0 Å². The molecule has 0 saturated carbocycles. The molecule has 0 radical (unpaired) electrons. The molecule has 10 aromatic carbocycles. The summed E-state index contributed by atoms with van der Waals surface area (Å²) >= 11 is 0. The van der Waals surface area contributed by atoms with Gasteiger partial charge in [0.15, 0.2) is 11.6 Å². The van der Waals surface area contributed by atoms with Crippen LogP contribution < -0.4 is 0 Å². The van der Waals surface area contributed by atoms with E-state index < -0.39 is 0 Å². The van der Waals surface area contributed by atoms with Crippen LogP contribution >= 0.6 is 0 Å². The Hall–Kier alpha value is -9.19. The van der Waals surface area contributed by atoms with E-state index in [2.05, 4.69) is 252 Å². The minimum atomic E-state index is 0.549. The molecule has 318 valence electrons. The molecule has 68 heavy (non-hydrogen) atoms. The summed E-state index contributed by atoms with van der Waals surface area (Å²) in [6, 6.07) is 88.1. The highest BCUT2D eigenvalue weighted by Gasteiger charge is 2.24. The van der Waals surface area contributed by atoms with Crippen LogP contribution in [0, 0.1) is 0 Å². The molecule has 0 aliphatic carbocycles. The predicted molar refractivity (Wildman–Crippen MR) is 281 cm³/mol. The minimum absolute atomic E-state index is 0.549. The van der Waals surface area contributed by atoms with Crippen LogP contribution in [-0.2, 0) is 0 Å². The van der Waals surface area contributed by atoms with Crippen molar-refractivity contribution in [2.45, 2.75) is 0 Å².